The van der Waals surface area contributed by atoms with Gasteiger partial charge in [-0.15, -0.1) is 11.6 Å². The number of rotatable bonds is 5. The van der Waals surface area contributed by atoms with Crippen LogP contribution in [0.1, 0.15) is 12.0 Å². The van der Waals surface area contributed by atoms with Gasteiger partial charge in [-0.1, -0.05) is 12.1 Å². The maximum absolute atomic E-state index is 5.54. The van der Waals surface area contributed by atoms with Crippen LogP contribution in [-0.4, -0.2) is 25.7 Å². The van der Waals surface area contributed by atoms with Crippen molar-refractivity contribution < 1.29 is 4.74 Å². The van der Waals surface area contributed by atoms with Gasteiger partial charge in [0.2, 0.25) is 0 Å². The molecule has 0 heterocycles. The zero-order valence-corrected chi connectivity index (χ0v) is 9.00. The third-order valence-corrected chi connectivity index (χ3v) is 2.02. The van der Waals surface area contributed by atoms with E-state index in [4.69, 9.17) is 16.3 Å². The highest BCUT2D eigenvalue weighted by molar-refractivity contribution is 6.17. The molecule has 0 saturated heterocycles. The summed E-state index contributed by atoms with van der Waals surface area (Å²) in [5.41, 5.74) is 1.05. The van der Waals surface area contributed by atoms with Gasteiger partial charge in [-0.25, -0.2) is 0 Å². The first-order chi connectivity index (χ1) is 6.86. The van der Waals surface area contributed by atoms with E-state index in [1.54, 1.807) is 7.11 Å². The van der Waals surface area contributed by atoms with Gasteiger partial charge in [-0.3, -0.25) is 4.99 Å². The van der Waals surface area contributed by atoms with E-state index < -0.39 is 0 Å². The van der Waals surface area contributed by atoms with Crippen molar-refractivity contribution in [1.82, 2.24) is 0 Å². The standard InChI is InChI=1S/C11H14ClNO/c1-14-11-5-2-4-10(8-11)9-13-7-3-6-12/h2,4-5,8-9H,3,6-7H2,1H3. The largest absolute Gasteiger partial charge is 0.497 e. The van der Waals surface area contributed by atoms with Crippen LogP contribution in [0.25, 0.3) is 0 Å². The lowest BCUT2D eigenvalue weighted by Crippen LogP contribution is -1.87. The predicted molar refractivity (Wildman–Crippen MR) is 60.8 cm³/mol. The Balaban J connectivity index is 2.53. The number of hydrogen-bond acceptors (Lipinski definition) is 2. The molecular formula is C11H14ClNO. The lowest BCUT2D eigenvalue weighted by Gasteiger charge is -1.99. The van der Waals surface area contributed by atoms with Crippen LogP contribution in [-0.2, 0) is 0 Å². The molecule has 0 aliphatic carbocycles. The number of aliphatic imine (C=N–C) groups is 1. The Hall–Kier alpha value is -1.02. The second-order valence-corrected chi connectivity index (χ2v) is 3.23. The summed E-state index contributed by atoms with van der Waals surface area (Å²) in [6, 6.07) is 7.80. The van der Waals surface area contributed by atoms with Crippen molar-refractivity contribution in [3.8, 4) is 5.75 Å². The summed E-state index contributed by atoms with van der Waals surface area (Å²) in [5, 5.41) is 0. The first-order valence-electron chi connectivity index (χ1n) is 4.56. The van der Waals surface area contributed by atoms with E-state index >= 15 is 0 Å². The van der Waals surface area contributed by atoms with Crippen LogP contribution in [0.3, 0.4) is 0 Å². The molecule has 0 N–H and O–H groups in total. The normalized spacial score (nSPS) is 10.7. The predicted octanol–water partition coefficient (Wildman–Crippen LogP) is 2.74. The van der Waals surface area contributed by atoms with E-state index in [0.29, 0.717) is 5.88 Å². The van der Waals surface area contributed by atoms with Crippen LogP contribution in [0.5, 0.6) is 5.75 Å². The highest BCUT2D eigenvalue weighted by atomic mass is 35.5. The minimum Gasteiger partial charge on any atom is -0.497 e. The molecule has 14 heavy (non-hydrogen) atoms. The Morgan fingerprint density at radius 3 is 3.07 bits per heavy atom. The van der Waals surface area contributed by atoms with Crippen molar-refractivity contribution in [3.63, 3.8) is 0 Å². The Morgan fingerprint density at radius 1 is 1.50 bits per heavy atom. The summed E-state index contributed by atoms with van der Waals surface area (Å²) in [7, 11) is 1.66. The monoisotopic (exact) mass is 211 g/mol. The second kappa shape index (κ2) is 6.44. The maximum Gasteiger partial charge on any atom is 0.119 e. The third-order valence-electron chi connectivity index (χ3n) is 1.75. The molecule has 3 heteroatoms. The minimum absolute atomic E-state index is 0.662. The van der Waals surface area contributed by atoms with Crippen molar-refractivity contribution >= 4 is 17.8 Å². The lowest BCUT2D eigenvalue weighted by molar-refractivity contribution is 0.415. The molecule has 0 saturated carbocycles. The van der Waals surface area contributed by atoms with Crippen LogP contribution >= 0.6 is 11.6 Å². The fourth-order valence-corrected chi connectivity index (χ4v) is 1.16. The average molecular weight is 212 g/mol. The molecule has 1 aromatic carbocycles. The van der Waals surface area contributed by atoms with E-state index in [1.165, 1.54) is 0 Å². The molecule has 0 aromatic heterocycles. The SMILES string of the molecule is COc1cccc(C=NCCCCl)c1. The summed E-state index contributed by atoms with van der Waals surface area (Å²) in [6.07, 6.45) is 2.76. The maximum atomic E-state index is 5.54. The number of halogens is 1. The van der Waals surface area contributed by atoms with Crippen LogP contribution in [0.4, 0.5) is 0 Å². The van der Waals surface area contributed by atoms with E-state index in [0.717, 1.165) is 24.3 Å². The minimum atomic E-state index is 0.662. The zero-order chi connectivity index (χ0) is 10.2. The average Bonchev–Trinajstić information content (AvgIpc) is 2.25. The van der Waals surface area contributed by atoms with Crippen molar-refractivity contribution in [3.05, 3.63) is 29.8 Å². The van der Waals surface area contributed by atoms with Gasteiger partial charge in [-0.2, -0.15) is 0 Å². The summed E-state index contributed by atoms with van der Waals surface area (Å²) >= 11 is 5.54. The number of alkyl halides is 1. The molecule has 0 fully saturated rings. The van der Waals surface area contributed by atoms with E-state index in [-0.39, 0.29) is 0 Å². The topological polar surface area (TPSA) is 21.6 Å². The van der Waals surface area contributed by atoms with Crippen molar-refractivity contribution in [2.75, 3.05) is 19.5 Å². The Morgan fingerprint density at radius 2 is 2.36 bits per heavy atom. The molecule has 76 valence electrons. The molecule has 0 unspecified atom stereocenters. The molecule has 1 aromatic rings. The highest BCUT2D eigenvalue weighted by Crippen LogP contribution is 2.10. The van der Waals surface area contributed by atoms with E-state index in [1.807, 2.05) is 30.5 Å². The molecule has 0 atom stereocenters. The molecule has 1 rings (SSSR count). The Labute approximate surface area is 89.6 Å². The summed E-state index contributed by atoms with van der Waals surface area (Å²) in [4.78, 5) is 4.24. The first-order valence-corrected chi connectivity index (χ1v) is 5.10. The highest BCUT2D eigenvalue weighted by Gasteiger charge is 1.91. The van der Waals surface area contributed by atoms with Crippen molar-refractivity contribution in [1.29, 1.82) is 0 Å². The number of ether oxygens (including phenoxy) is 1. The van der Waals surface area contributed by atoms with Gasteiger partial charge >= 0.3 is 0 Å². The van der Waals surface area contributed by atoms with Crippen LogP contribution in [0.15, 0.2) is 29.3 Å². The number of benzene rings is 1. The van der Waals surface area contributed by atoms with Crippen molar-refractivity contribution in [2.24, 2.45) is 4.99 Å². The van der Waals surface area contributed by atoms with Gasteiger partial charge in [0.05, 0.1) is 7.11 Å². The quantitative estimate of drug-likeness (QED) is 0.417. The Bertz CT molecular complexity index is 299. The van der Waals surface area contributed by atoms with E-state index in [9.17, 15) is 0 Å². The molecule has 2 nitrogen and oxygen atoms in total. The molecule has 0 spiro atoms. The summed E-state index contributed by atoms with van der Waals surface area (Å²) in [5.74, 6) is 1.52. The van der Waals surface area contributed by atoms with Crippen LogP contribution in [0.2, 0.25) is 0 Å². The number of nitrogens with zero attached hydrogens (tertiary/aromatic N) is 1. The van der Waals surface area contributed by atoms with Gasteiger partial charge in [0, 0.05) is 18.6 Å². The number of methoxy groups -OCH3 is 1. The molecule has 0 aliphatic rings. The molecule has 0 radical (unpaired) electrons. The fraction of sp³-hybridized carbons (Fsp3) is 0.364. The lowest BCUT2D eigenvalue weighted by atomic mass is 10.2. The van der Waals surface area contributed by atoms with Crippen molar-refractivity contribution in [2.45, 2.75) is 6.42 Å². The second-order valence-electron chi connectivity index (χ2n) is 2.85. The third kappa shape index (κ3) is 3.79. The van der Waals surface area contributed by atoms with Crippen LogP contribution in [0, 0.1) is 0 Å². The summed E-state index contributed by atoms with van der Waals surface area (Å²) in [6.45, 7) is 0.778. The van der Waals surface area contributed by atoms with Crippen LogP contribution < -0.4 is 4.74 Å². The van der Waals surface area contributed by atoms with Gasteiger partial charge in [0.1, 0.15) is 5.75 Å². The molecule has 0 amide bonds. The first kappa shape index (κ1) is 11.1. The van der Waals surface area contributed by atoms with E-state index in [2.05, 4.69) is 4.99 Å². The smallest absolute Gasteiger partial charge is 0.119 e. The molecule has 0 aliphatic heterocycles. The molecule has 0 bridgehead atoms. The van der Waals surface area contributed by atoms with Gasteiger partial charge < -0.3 is 4.74 Å². The van der Waals surface area contributed by atoms with Gasteiger partial charge in [0.15, 0.2) is 0 Å². The number of hydrogen-bond donors (Lipinski definition) is 0. The van der Waals surface area contributed by atoms with Gasteiger partial charge in [0.25, 0.3) is 0 Å². The zero-order valence-electron chi connectivity index (χ0n) is 8.24. The fourth-order valence-electron chi connectivity index (χ4n) is 1.04. The molecular weight excluding hydrogens is 198 g/mol. The summed E-state index contributed by atoms with van der Waals surface area (Å²) < 4.78 is 5.10. The van der Waals surface area contributed by atoms with Gasteiger partial charge in [-0.05, 0) is 24.1 Å². The Kier molecular flexibility index (Phi) is 5.08.